The number of carbonyl (C=O) groups excluding carboxylic acids is 2. The van der Waals surface area contributed by atoms with Crippen molar-refractivity contribution in [2.45, 2.75) is 19.3 Å². The fourth-order valence-electron chi connectivity index (χ4n) is 2.80. The molecule has 0 bridgehead atoms. The summed E-state index contributed by atoms with van der Waals surface area (Å²) < 4.78 is 26.8. The molecule has 1 saturated heterocycles. The van der Waals surface area contributed by atoms with E-state index in [1.54, 1.807) is 0 Å². The van der Waals surface area contributed by atoms with Crippen LogP contribution in [0.5, 0.6) is 0 Å². The van der Waals surface area contributed by atoms with E-state index in [4.69, 9.17) is 0 Å². The summed E-state index contributed by atoms with van der Waals surface area (Å²) in [6.45, 7) is 0.487. The van der Waals surface area contributed by atoms with Gasteiger partial charge in [0.25, 0.3) is 0 Å². The van der Waals surface area contributed by atoms with Crippen molar-refractivity contribution in [3.05, 3.63) is 29.8 Å². The summed E-state index contributed by atoms with van der Waals surface area (Å²) in [5.41, 5.74) is -0.221. The molecule has 5 nitrogen and oxygen atoms in total. The summed E-state index contributed by atoms with van der Waals surface area (Å²) in [5.74, 6) is -2.74. The third-order valence-corrected chi connectivity index (χ3v) is 4.63. The lowest BCUT2D eigenvalue weighted by Crippen LogP contribution is -2.37. The molecule has 1 aromatic rings. The van der Waals surface area contributed by atoms with Gasteiger partial charge < -0.3 is 15.3 Å². The lowest BCUT2D eigenvalue weighted by Gasteiger charge is -2.18. The second kappa shape index (κ2) is 5.88. The molecule has 1 atom stereocenters. The van der Waals surface area contributed by atoms with Crippen molar-refractivity contribution >= 4 is 17.5 Å². The zero-order chi connectivity index (χ0) is 16.6. The number of rotatable bonds is 5. The summed E-state index contributed by atoms with van der Waals surface area (Å²) in [5, 5.41) is 12.0. The van der Waals surface area contributed by atoms with Crippen LogP contribution in [0.2, 0.25) is 0 Å². The van der Waals surface area contributed by atoms with Gasteiger partial charge in [0.1, 0.15) is 11.6 Å². The van der Waals surface area contributed by atoms with Crippen LogP contribution in [0.4, 0.5) is 14.5 Å². The highest BCUT2D eigenvalue weighted by Crippen LogP contribution is 2.44. The number of hydrogen-bond acceptors (Lipinski definition) is 3. The number of halogens is 2. The fourth-order valence-corrected chi connectivity index (χ4v) is 2.80. The van der Waals surface area contributed by atoms with E-state index in [1.807, 2.05) is 0 Å². The first-order valence-corrected chi connectivity index (χ1v) is 7.58. The van der Waals surface area contributed by atoms with Gasteiger partial charge in [-0.15, -0.1) is 0 Å². The van der Waals surface area contributed by atoms with Crippen molar-refractivity contribution in [3.8, 4) is 0 Å². The van der Waals surface area contributed by atoms with E-state index in [9.17, 15) is 23.5 Å². The molecule has 0 aromatic heterocycles. The van der Waals surface area contributed by atoms with Crippen LogP contribution in [0.15, 0.2) is 18.2 Å². The number of aliphatic hydroxyl groups is 1. The molecule has 1 saturated carbocycles. The summed E-state index contributed by atoms with van der Waals surface area (Å²) >= 11 is 0. The van der Waals surface area contributed by atoms with E-state index < -0.39 is 17.6 Å². The van der Waals surface area contributed by atoms with E-state index in [2.05, 4.69) is 5.32 Å². The van der Waals surface area contributed by atoms with Gasteiger partial charge in [0.2, 0.25) is 11.8 Å². The average molecular weight is 324 g/mol. The minimum atomic E-state index is -0.823. The van der Waals surface area contributed by atoms with Crippen LogP contribution in [0.25, 0.3) is 0 Å². The second-order valence-electron chi connectivity index (χ2n) is 6.38. The summed E-state index contributed by atoms with van der Waals surface area (Å²) in [7, 11) is 0. The van der Waals surface area contributed by atoms with Crippen molar-refractivity contribution in [2.75, 3.05) is 24.6 Å². The van der Waals surface area contributed by atoms with Crippen molar-refractivity contribution in [2.24, 2.45) is 11.3 Å². The number of hydrogen-bond donors (Lipinski definition) is 2. The summed E-state index contributed by atoms with van der Waals surface area (Å²) in [6, 6.07) is 3.00. The van der Waals surface area contributed by atoms with Crippen molar-refractivity contribution in [1.29, 1.82) is 0 Å². The molecule has 23 heavy (non-hydrogen) atoms. The normalized spacial score (nSPS) is 22.3. The highest BCUT2D eigenvalue weighted by atomic mass is 19.1. The predicted molar refractivity (Wildman–Crippen MR) is 78.6 cm³/mol. The molecule has 124 valence electrons. The lowest BCUT2D eigenvalue weighted by molar-refractivity contribution is -0.126. The summed E-state index contributed by atoms with van der Waals surface area (Å²) in [4.78, 5) is 25.4. The molecule has 3 rings (SSSR count). The third kappa shape index (κ3) is 3.19. The Morgan fingerprint density at radius 1 is 1.39 bits per heavy atom. The maximum atomic E-state index is 13.8. The van der Waals surface area contributed by atoms with E-state index in [0.29, 0.717) is 12.6 Å². The zero-order valence-corrected chi connectivity index (χ0v) is 12.5. The number of nitrogens with zero attached hydrogens (tertiary/aromatic N) is 1. The summed E-state index contributed by atoms with van der Waals surface area (Å²) in [6.07, 6.45) is 1.75. The standard InChI is InChI=1S/C16H18F2N2O3/c17-11-1-2-13(12(18)6-11)20-7-10(5-14(20)22)15(23)19-8-16(9-21)3-4-16/h1-2,6,10,21H,3-5,7-9H2,(H,19,23). The lowest BCUT2D eigenvalue weighted by atomic mass is 10.1. The molecule has 1 heterocycles. The number of aliphatic hydroxyl groups excluding tert-OH is 1. The van der Waals surface area contributed by atoms with Crippen molar-refractivity contribution in [3.63, 3.8) is 0 Å². The molecular formula is C16H18F2N2O3. The maximum absolute atomic E-state index is 13.8. The monoisotopic (exact) mass is 324 g/mol. The van der Waals surface area contributed by atoms with E-state index in [-0.39, 0.29) is 42.5 Å². The van der Waals surface area contributed by atoms with Crippen molar-refractivity contribution < 1.29 is 23.5 Å². The van der Waals surface area contributed by atoms with Crippen LogP contribution in [0.1, 0.15) is 19.3 Å². The molecule has 7 heteroatoms. The van der Waals surface area contributed by atoms with E-state index in [1.165, 1.54) is 11.0 Å². The van der Waals surface area contributed by atoms with Crippen LogP contribution >= 0.6 is 0 Å². The molecule has 0 radical (unpaired) electrons. The first kappa shape index (κ1) is 15.9. The Morgan fingerprint density at radius 3 is 2.74 bits per heavy atom. The molecule has 0 spiro atoms. The molecule has 2 amide bonds. The second-order valence-corrected chi connectivity index (χ2v) is 6.38. The van der Waals surface area contributed by atoms with Crippen LogP contribution < -0.4 is 10.2 Å². The Morgan fingerprint density at radius 2 is 2.13 bits per heavy atom. The topological polar surface area (TPSA) is 69.6 Å². The van der Waals surface area contributed by atoms with Gasteiger partial charge in [-0.25, -0.2) is 8.78 Å². The Hall–Kier alpha value is -2.02. The number of anilines is 1. The van der Waals surface area contributed by atoms with Gasteiger partial charge in [-0.2, -0.15) is 0 Å². The number of carbonyl (C=O) groups is 2. The zero-order valence-electron chi connectivity index (χ0n) is 12.5. The van der Waals surface area contributed by atoms with Crippen LogP contribution in [0.3, 0.4) is 0 Å². The first-order valence-electron chi connectivity index (χ1n) is 7.58. The fraction of sp³-hybridized carbons (Fsp3) is 0.500. The SMILES string of the molecule is O=C(NCC1(CO)CC1)C1CC(=O)N(c2ccc(F)cc2F)C1. The molecule has 2 aliphatic rings. The maximum Gasteiger partial charge on any atom is 0.227 e. The van der Waals surface area contributed by atoms with Gasteiger partial charge in [-0.05, 0) is 25.0 Å². The van der Waals surface area contributed by atoms with Gasteiger partial charge >= 0.3 is 0 Å². The van der Waals surface area contributed by atoms with E-state index >= 15 is 0 Å². The highest BCUT2D eigenvalue weighted by molar-refractivity contribution is 6.00. The smallest absolute Gasteiger partial charge is 0.227 e. The predicted octanol–water partition coefficient (Wildman–Crippen LogP) is 1.21. The van der Waals surface area contributed by atoms with Crippen LogP contribution in [0, 0.1) is 23.0 Å². The minimum Gasteiger partial charge on any atom is -0.396 e. The van der Waals surface area contributed by atoms with Gasteiger partial charge in [0, 0.05) is 31.0 Å². The van der Waals surface area contributed by atoms with Gasteiger partial charge in [-0.1, -0.05) is 0 Å². The highest BCUT2D eigenvalue weighted by Gasteiger charge is 2.43. The van der Waals surface area contributed by atoms with Crippen LogP contribution in [-0.2, 0) is 9.59 Å². The molecule has 1 unspecified atom stereocenters. The number of amides is 2. The Bertz CT molecular complexity index is 646. The Labute approximate surface area is 132 Å². The van der Waals surface area contributed by atoms with Crippen LogP contribution in [-0.4, -0.2) is 36.6 Å². The average Bonchev–Trinajstić information content (AvgIpc) is 3.21. The quantitative estimate of drug-likeness (QED) is 0.855. The molecule has 2 N–H and O–H groups in total. The van der Waals surface area contributed by atoms with Gasteiger partial charge in [-0.3, -0.25) is 9.59 Å². The van der Waals surface area contributed by atoms with Crippen molar-refractivity contribution in [1.82, 2.24) is 5.32 Å². The Kier molecular flexibility index (Phi) is 4.06. The molecule has 2 fully saturated rings. The Balaban J connectivity index is 1.63. The molecular weight excluding hydrogens is 306 g/mol. The van der Waals surface area contributed by atoms with E-state index in [0.717, 1.165) is 18.9 Å². The first-order chi connectivity index (χ1) is 10.9. The molecule has 1 aliphatic carbocycles. The minimum absolute atomic E-state index is 0.00518. The number of benzene rings is 1. The van der Waals surface area contributed by atoms with Gasteiger partial charge in [0.15, 0.2) is 0 Å². The third-order valence-electron chi connectivity index (χ3n) is 4.63. The largest absolute Gasteiger partial charge is 0.396 e. The molecule has 1 aromatic carbocycles. The van der Waals surface area contributed by atoms with Gasteiger partial charge in [0.05, 0.1) is 18.2 Å². The molecule has 1 aliphatic heterocycles. The number of nitrogens with one attached hydrogen (secondary N) is 1.